The normalized spacial score (nSPS) is 11.8. The molecule has 0 heterocycles. The minimum absolute atomic E-state index is 0.118. The standard InChI is InChI=1S/C10H10FNO3/c11-8(10(14)15)9(13)12-6-7-4-2-1-3-5-7/h1-5,8H,6H2,(H,12,13)(H,14,15). The molecule has 0 aliphatic rings. The van der Waals surface area contributed by atoms with Crippen molar-refractivity contribution >= 4 is 11.9 Å². The molecule has 0 aliphatic heterocycles. The molecular formula is C10H10FNO3. The topological polar surface area (TPSA) is 66.4 Å². The Morgan fingerprint density at radius 1 is 1.33 bits per heavy atom. The summed E-state index contributed by atoms with van der Waals surface area (Å²) in [4.78, 5) is 21.0. The highest BCUT2D eigenvalue weighted by Gasteiger charge is 2.24. The lowest BCUT2D eigenvalue weighted by molar-refractivity contribution is -0.148. The van der Waals surface area contributed by atoms with Gasteiger partial charge in [0.05, 0.1) is 0 Å². The summed E-state index contributed by atoms with van der Waals surface area (Å²) in [6.45, 7) is 0.118. The van der Waals surface area contributed by atoms with E-state index >= 15 is 0 Å². The molecule has 4 nitrogen and oxygen atoms in total. The second-order valence-electron chi connectivity index (χ2n) is 2.90. The van der Waals surface area contributed by atoms with Gasteiger partial charge in [-0.15, -0.1) is 0 Å². The van der Waals surface area contributed by atoms with Gasteiger partial charge in [-0.1, -0.05) is 30.3 Å². The van der Waals surface area contributed by atoms with E-state index in [9.17, 15) is 14.0 Å². The second-order valence-corrected chi connectivity index (χ2v) is 2.90. The van der Waals surface area contributed by atoms with Crippen LogP contribution in [-0.4, -0.2) is 23.2 Å². The molecule has 1 rings (SSSR count). The highest BCUT2D eigenvalue weighted by Crippen LogP contribution is 1.98. The quantitative estimate of drug-likeness (QED) is 0.721. The van der Waals surface area contributed by atoms with Crippen molar-refractivity contribution in [1.29, 1.82) is 0 Å². The maximum atomic E-state index is 12.6. The van der Waals surface area contributed by atoms with Gasteiger partial charge in [0.15, 0.2) is 0 Å². The van der Waals surface area contributed by atoms with Crippen LogP contribution >= 0.6 is 0 Å². The molecule has 0 aliphatic carbocycles. The van der Waals surface area contributed by atoms with Gasteiger partial charge < -0.3 is 10.4 Å². The van der Waals surface area contributed by atoms with Gasteiger partial charge in [0.1, 0.15) is 0 Å². The fraction of sp³-hybridized carbons (Fsp3) is 0.200. The summed E-state index contributed by atoms with van der Waals surface area (Å²) in [5.41, 5.74) is 0.781. The van der Waals surface area contributed by atoms with Crippen LogP contribution < -0.4 is 5.32 Å². The number of nitrogens with one attached hydrogen (secondary N) is 1. The molecule has 2 N–H and O–H groups in total. The summed E-state index contributed by atoms with van der Waals surface area (Å²) < 4.78 is 12.6. The number of carboxylic acid groups (broad SMARTS) is 1. The number of carbonyl (C=O) groups is 2. The molecule has 0 bridgehead atoms. The smallest absolute Gasteiger partial charge is 0.348 e. The third-order valence-electron chi connectivity index (χ3n) is 1.76. The SMILES string of the molecule is O=C(O)C(F)C(=O)NCc1ccccc1. The summed E-state index contributed by atoms with van der Waals surface area (Å²) in [6, 6.07) is 8.83. The zero-order valence-electron chi connectivity index (χ0n) is 7.81. The van der Waals surface area contributed by atoms with Crippen molar-refractivity contribution in [3.63, 3.8) is 0 Å². The van der Waals surface area contributed by atoms with Crippen LogP contribution in [-0.2, 0) is 16.1 Å². The molecule has 0 spiro atoms. The number of halogens is 1. The zero-order valence-corrected chi connectivity index (χ0v) is 7.81. The lowest BCUT2D eigenvalue weighted by atomic mass is 10.2. The highest BCUT2D eigenvalue weighted by molar-refractivity contribution is 5.99. The average molecular weight is 211 g/mol. The van der Waals surface area contributed by atoms with Crippen LogP contribution in [0.1, 0.15) is 5.56 Å². The number of hydrogen-bond donors (Lipinski definition) is 2. The first-order chi connectivity index (χ1) is 7.11. The number of benzene rings is 1. The Labute approximate surface area is 85.7 Å². The van der Waals surface area contributed by atoms with Gasteiger partial charge in [-0.2, -0.15) is 0 Å². The van der Waals surface area contributed by atoms with Crippen LogP contribution in [0.15, 0.2) is 30.3 Å². The average Bonchev–Trinajstić information content (AvgIpc) is 2.26. The molecule has 1 atom stereocenters. The van der Waals surface area contributed by atoms with Crippen LogP contribution in [0.5, 0.6) is 0 Å². The van der Waals surface area contributed by atoms with Gasteiger partial charge in [-0.25, -0.2) is 9.18 Å². The van der Waals surface area contributed by atoms with Gasteiger partial charge in [0.25, 0.3) is 12.1 Å². The van der Waals surface area contributed by atoms with Crippen LogP contribution in [0.3, 0.4) is 0 Å². The van der Waals surface area contributed by atoms with Gasteiger partial charge in [-0.3, -0.25) is 4.79 Å². The van der Waals surface area contributed by atoms with Gasteiger partial charge >= 0.3 is 5.97 Å². The first-order valence-electron chi connectivity index (χ1n) is 4.30. The highest BCUT2D eigenvalue weighted by atomic mass is 19.1. The van der Waals surface area contributed by atoms with Crippen LogP contribution in [0.2, 0.25) is 0 Å². The van der Waals surface area contributed by atoms with Gasteiger partial charge in [0.2, 0.25) is 0 Å². The van der Waals surface area contributed by atoms with Gasteiger partial charge in [0, 0.05) is 6.54 Å². The Kier molecular flexibility index (Phi) is 3.79. The number of carboxylic acids is 1. The summed E-state index contributed by atoms with van der Waals surface area (Å²) >= 11 is 0. The van der Waals surface area contributed by atoms with E-state index in [1.54, 1.807) is 30.3 Å². The van der Waals surface area contributed by atoms with Crippen molar-refractivity contribution in [2.24, 2.45) is 0 Å². The molecule has 1 unspecified atom stereocenters. The number of hydrogen-bond acceptors (Lipinski definition) is 2. The molecule has 5 heteroatoms. The van der Waals surface area contributed by atoms with Crippen molar-refractivity contribution in [2.45, 2.75) is 12.7 Å². The Balaban J connectivity index is 2.44. The van der Waals surface area contributed by atoms with Crippen molar-refractivity contribution < 1.29 is 19.1 Å². The Morgan fingerprint density at radius 2 is 1.93 bits per heavy atom. The number of rotatable bonds is 4. The predicted octanol–water partition coefficient (Wildman–Crippen LogP) is 0.725. The Hall–Kier alpha value is -1.91. The maximum absolute atomic E-state index is 12.6. The molecule has 15 heavy (non-hydrogen) atoms. The molecule has 1 amide bonds. The van der Waals surface area contributed by atoms with Crippen molar-refractivity contribution in [3.05, 3.63) is 35.9 Å². The van der Waals surface area contributed by atoms with E-state index < -0.39 is 18.0 Å². The van der Waals surface area contributed by atoms with Crippen LogP contribution in [0.4, 0.5) is 4.39 Å². The molecule has 1 aromatic rings. The second kappa shape index (κ2) is 5.09. The molecule has 0 fully saturated rings. The number of carbonyl (C=O) groups excluding carboxylic acids is 1. The van der Waals surface area contributed by atoms with E-state index in [4.69, 9.17) is 5.11 Å². The lowest BCUT2D eigenvalue weighted by Gasteiger charge is -2.05. The summed E-state index contributed by atoms with van der Waals surface area (Å²) in [5, 5.41) is 10.4. The Bertz CT molecular complexity index is 353. The number of amides is 1. The van der Waals surface area contributed by atoms with E-state index in [2.05, 4.69) is 5.32 Å². The Morgan fingerprint density at radius 3 is 2.47 bits per heavy atom. The zero-order chi connectivity index (χ0) is 11.3. The molecule has 0 saturated heterocycles. The molecule has 0 saturated carbocycles. The molecule has 0 aromatic heterocycles. The van der Waals surface area contributed by atoms with E-state index in [0.29, 0.717) is 0 Å². The summed E-state index contributed by atoms with van der Waals surface area (Å²) in [5.74, 6) is -2.91. The first kappa shape index (κ1) is 11.2. The minimum atomic E-state index is -2.51. The largest absolute Gasteiger partial charge is 0.479 e. The fourth-order valence-electron chi connectivity index (χ4n) is 0.987. The minimum Gasteiger partial charge on any atom is -0.479 e. The van der Waals surface area contributed by atoms with Crippen molar-refractivity contribution in [3.8, 4) is 0 Å². The molecule has 1 aromatic carbocycles. The lowest BCUT2D eigenvalue weighted by Crippen LogP contribution is -2.36. The predicted molar refractivity (Wildman–Crippen MR) is 50.8 cm³/mol. The van der Waals surface area contributed by atoms with Crippen molar-refractivity contribution in [1.82, 2.24) is 5.32 Å². The van der Waals surface area contributed by atoms with E-state index in [0.717, 1.165) is 5.56 Å². The third kappa shape index (κ3) is 3.38. The van der Waals surface area contributed by atoms with Gasteiger partial charge in [-0.05, 0) is 5.56 Å². The van der Waals surface area contributed by atoms with E-state index in [-0.39, 0.29) is 6.54 Å². The third-order valence-corrected chi connectivity index (χ3v) is 1.76. The molecule has 80 valence electrons. The number of alkyl halides is 1. The van der Waals surface area contributed by atoms with Crippen LogP contribution in [0.25, 0.3) is 0 Å². The fourth-order valence-corrected chi connectivity index (χ4v) is 0.987. The number of aliphatic carboxylic acids is 1. The summed E-state index contributed by atoms with van der Waals surface area (Å²) in [7, 11) is 0. The summed E-state index contributed by atoms with van der Waals surface area (Å²) in [6.07, 6.45) is -2.51. The van der Waals surface area contributed by atoms with E-state index in [1.165, 1.54) is 0 Å². The maximum Gasteiger partial charge on any atom is 0.348 e. The first-order valence-corrected chi connectivity index (χ1v) is 4.30. The van der Waals surface area contributed by atoms with Crippen LogP contribution in [0, 0.1) is 0 Å². The van der Waals surface area contributed by atoms with Crippen molar-refractivity contribution in [2.75, 3.05) is 0 Å². The van der Waals surface area contributed by atoms with E-state index in [1.807, 2.05) is 0 Å². The molecule has 0 radical (unpaired) electrons. The molecular weight excluding hydrogens is 201 g/mol. The monoisotopic (exact) mass is 211 g/mol.